The van der Waals surface area contributed by atoms with Gasteiger partial charge in [0, 0.05) is 52.4 Å². The van der Waals surface area contributed by atoms with Crippen LogP contribution in [0.15, 0.2) is 202 Å². The Bertz CT molecular complexity index is 4560. The van der Waals surface area contributed by atoms with Crippen molar-refractivity contribution in [3.8, 4) is 22.3 Å². The number of carbonyl (C=O) groups is 4. The number of sulfonamides is 4. The summed E-state index contributed by atoms with van der Waals surface area (Å²) in [6.07, 6.45) is 0. The summed E-state index contributed by atoms with van der Waals surface area (Å²) >= 11 is 0. The number of ether oxygens (including phenoxy) is 4. The molecule has 4 aliphatic rings. The zero-order chi connectivity index (χ0) is 73.0. The van der Waals surface area contributed by atoms with Crippen LogP contribution >= 0.6 is 0 Å². The Labute approximate surface area is 596 Å². The van der Waals surface area contributed by atoms with Gasteiger partial charge in [-0.15, -0.1) is 0 Å². The van der Waals surface area contributed by atoms with Crippen LogP contribution in [0.5, 0.6) is 0 Å². The van der Waals surface area contributed by atoms with Gasteiger partial charge in [0.1, 0.15) is 0 Å². The van der Waals surface area contributed by atoms with Crippen molar-refractivity contribution in [1.29, 1.82) is 0 Å². The third-order valence-electron chi connectivity index (χ3n) is 17.7. The predicted octanol–water partition coefficient (Wildman–Crippen LogP) is 13.2. The first kappa shape index (κ1) is 73.7. The van der Waals surface area contributed by atoms with Gasteiger partial charge in [-0.3, -0.25) is 0 Å². The van der Waals surface area contributed by atoms with Crippen molar-refractivity contribution in [3.63, 3.8) is 0 Å². The zero-order valence-electron chi connectivity index (χ0n) is 57.8. The topological polar surface area (TPSA) is 255 Å². The molecule has 12 bridgehead atoms. The maximum absolute atomic E-state index is 16.0. The second kappa shape index (κ2) is 30.6. The molecule has 9 aromatic carbocycles. The number of hydrogen-bond acceptors (Lipinski definition) is 16. The smallest absolute Gasteiger partial charge is 0.338 e. The van der Waals surface area contributed by atoms with Crippen molar-refractivity contribution in [3.05, 3.63) is 271 Å². The minimum atomic E-state index is -4.72. The van der Waals surface area contributed by atoms with E-state index in [1.54, 1.807) is 140 Å². The molecule has 0 unspecified atom stereocenters. The molecule has 0 spiro atoms. The van der Waals surface area contributed by atoms with E-state index in [4.69, 9.17) is 18.9 Å². The van der Waals surface area contributed by atoms with Gasteiger partial charge in [-0.1, -0.05) is 82.9 Å². The highest BCUT2D eigenvalue weighted by molar-refractivity contribution is 7.90. The molecular formula is C78H78N4O16S4. The summed E-state index contributed by atoms with van der Waals surface area (Å²) in [6, 6.07) is 46.4. The molecule has 0 N–H and O–H groups in total. The van der Waals surface area contributed by atoms with Gasteiger partial charge >= 0.3 is 23.9 Å². The van der Waals surface area contributed by atoms with Gasteiger partial charge in [0.05, 0.1) is 68.3 Å². The Hall–Kier alpha value is -9.50. The van der Waals surface area contributed by atoms with Gasteiger partial charge in [0.15, 0.2) is 0 Å². The van der Waals surface area contributed by atoms with Gasteiger partial charge in [-0.05, 0) is 243 Å². The van der Waals surface area contributed by atoms with Crippen molar-refractivity contribution in [2.75, 3.05) is 26.4 Å². The van der Waals surface area contributed by atoms with E-state index in [-0.39, 0.29) is 113 Å². The summed E-state index contributed by atoms with van der Waals surface area (Å²) in [5, 5.41) is 0. The molecular weight excluding hydrogens is 1380 g/mol. The fraction of sp³-hybridized carbons (Fsp3) is 0.256. The highest BCUT2D eigenvalue weighted by Gasteiger charge is 2.36. The predicted molar refractivity (Wildman–Crippen MR) is 384 cm³/mol. The van der Waals surface area contributed by atoms with Crippen LogP contribution in [0.3, 0.4) is 0 Å². The van der Waals surface area contributed by atoms with Crippen LogP contribution in [0.25, 0.3) is 22.3 Å². The normalized spacial score (nSPS) is 14.4. The van der Waals surface area contributed by atoms with Crippen LogP contribution in [0.4, 0.5) is 0 Å². The number of esters is 4. The van der Waals surface area contributed by atoms with E-state index in [0.29, 0.717) is 22.3 Å². The number of hydrogen-bond donors (Lipinski definition) is 0. The first-order chi connectivity index (χ1) is 48.6. The van der Waals surface area contributed by atoms with Crippen LogP contribution in [-0.4, -0.2) is 101 Å². The summed E-state index contributed by atoms with van der Waals surface area (Å²) in [5.74, 6) is -3.09. The lowest BCUT2D eigenvalue weighted by atomic mass is 9.94. The number of carbonyl (C=O) groups excluding carboxylic acids is 4. The Balaban J connectivity index is 1.30. The second-order valence-electron chi connectivity index (χ2n) is 25.3. The Morgan fingerprint density at radius 1 is 0.275 bits per heavy atom. The SMILES string of the molecule is CCOC(=O)c1cc2cc(c1)-c1cc(cc(C(=O)OCC)c1)CN(S(=O)(=O)c1ccc(C)cc1)Cc1cc3c(cc1CN(S(=O)(=O)c1ccc(C)cc1)Cc1cc(C(=O)OCC)cc(c1)-c1cc(cc(C(=O)OCC)c1)CN(S(=O)(=O)c1ccc(C)cc1)C3)CN(S(=O)(=O)c1ccc(C)cc1)C2. The Kier molecular flexibility index (Phi) is 22.1. The molecule has 0 aliphatic carbocycles. The van der Waals surface area contributed by atoms with Crippen molar-refractivity contribution < 1.29 is 71.8 Å². The molecule has 20 nitrogen and oxygen atoms in total. The second-order valence-corrected chi connectivity index (χ2v) is 33.0. The molecule has 530 valence electrons. The van der Waals surface area contributed by atoms with E-state index >= 15 is 33.7 Å². The quantitative estimate of drug-likeness (QED) is 0.0643. The third kappa shape index (κ3) is 16.4. The molecule has 0 aromatic heterocycles. The lowest BCUT2D eigenvalue weighted by molar-refractivity contribution is 0.0516. The highest BCUT2D eigenvalue weighted by atomic mass is 32.2. The first-order valence-corrected chi connectivity index (χ1v) is 39.0. The van der Waals surface area contributed by atoms with Crippen LogP contribution in [0.1, 0.15) is 136 Å². The fourth-order valence-electron chi connectivity index (χ4n) is 12.4. The van der Waals surface area contributed by atoms with Crippen molar-refractivity contribution in [2.45, 2.75) is 127 Å². The van der Waals surface area contributed by atoms with Crippen LogP contribution in [0.2, 0.25) is 0 Å². The number of benzene rings is 9. The average molecular weight is 1460 g/mol. The highest BCUT2D eigenvalue weighted by Crippen LogP contribution is 2.38. The Morgan fingerprint density at radius 3 is 0.637 bits per heavy atom. The molecule has 24 heteroatoms. The van der Waals surface area contributed by atoms with E-state index in [1.807, 2.05) is 0 Å². The third-order valence-corrected chi connectivity index (χ3v) is 24.9. The molecule has 0 atom stereocenters. The number of aryl methyl sites for hydroxylation is 4. The Morgan fingerprint density at radius 2 is 0.461 bits per heavy atom. The van der Waals surface area contributed by atoms with Gasteiger partial charge in [0.25, 0.3) is 0 Å². The maximum atomic E-state index is 16.0. The molecule has 102 heavy (non-hydrogen) atoms. The number of rotatable bonds is 16. The van der Waals surface area contributed by atoms with E-state index < -0.39 is 116 Å². The van der Waals surface area contributed by atoms with Gasteiger partial charge < -0.3 is 18.9 Å². The van der Waals surface area contributed by atoms with Crippen LogP contribution in [-0.2, 0) is 111 Å². The fourth-order valence-corrected chi connectivity index (χ4v) is 18.0. The number of nitrogens with zero attached hydrogens (tertiary/aromatic N) is 4. The van der Waals surface area contributed by atoms with E-state index in [0.717, 1.165) is 39.5 Å². The molecule has 0 amide bonds. The van der Waals surface area contributed by atoms with Gasteiger partial charge in [-0.2, -0.15) is 17.2 Å². The molecule has 13 rings (SSSR count). The minimum absolute atomic E-state index is 0.00720. The summed E-state index contributed by atoms with van der Waals surface area (Å²) in [6.45, 7) is 9.20. The maximum Gasteiger partial charge on any atom is 0.338 e. The zero-order valence-corrected chi connectivity index (χ0v) is 61.0. The molecule has 4 heterocycles. The average Bonchev–Trinajstić information content (AvgIpc) is 0.761. The van der Waals surface area contributed by atoms with Gasteiger partial charge in [0.2, 0.25) is 40.1 Å². The van der Waals surface area contributed by atoms with Crippen molar-refractivity contribution in [2.24, 2.45) is 0 Å². The molecule has 0 saturated heterocycles. The molecule has 0 fully saturated rings. The summed E-state index contributed by atoms with van der Waals surface area (Å²) in [7, 11) is -18.9. The van der Waals surface area contributed by atoms with Crippen LogP contribution < -0.4 is 0 Å². The minimum Gasteiger partial charge on any atom is -0.462 e. The molecule has 0 saturated carbocycles. The molecule has 9 aromatic rings. The largest absolute Gasteiger partial charge is 0.462 e. The summed E-state index contributed by atoms with van der Waals surface area (Å²) in [4.78, 5) is 56.0. The molecule has 0 radical (unpaired) electrons. The van der Waals surface area contributed by atoms with Gasteiger partial charge in [-0.25, -0.2) is 52.8 Å². The first-order valence-electron chi connectivity index (χ1n) is 33.2. The van der Waals surface area contributed by atoms with E-state index in [9.17, 15) is 19.2 Å². The molecule has 4 aliphatic heterocycles. The van der Waals surface area contributed by atoms with E-state index in [2.05, 4.69) is 0 Å². The van der Waals surface area contributed by atoms with Crippen LogP contribution in [0, 0.1) is 27.7 Å². The summed E-state index contributed by atoms with van der Waals surface area (Å²) < 4.78 is 155. The lowest BCUT2D eigenvalue weighted by Crippen LogP contribution is -2.35. The van der Waals surface area contributed by atoms with Crippen molar-refractivity contribution >= 4 is 64.0 Å². The van der Waals surface area contributed by atoms with E-state index in [1.165, 1.54) is 97.1 Å². The monoisotopic (exact) mass is 1450 g/mol. The number of fused-ring (bicyclic) bond motifs is 8. The lowest BCUT2D eigenvalue weighted by Gasteiger charge is -2.31. The van der Waals surface area contributed by atoms with Crippen molar-refractivity contribution in [1.82, 2.24) is 17.2 Å². The summed E-state index contributed by atoms with van der Waals surface area (Å²) in [5.41, 5.74) is 5.60. The standard InChI is InChI=1S/C78H78N4O16S4/c1-9-95-75(83)63-33-55-29-59(37-63)60-30-56(34-64(38-60)76(84)96-10-2)44-80(100(89,90)72-23-15-52(6)16-24-72)49-70-42-68-48-81(101(91,92)73-25-17-53(7)18-26-73)45-57-31-61(39-65(35-57)77(85)97-11-3)62-32-58(36-66(40-62)78(86)98-12-4)46-82(102(93,94)74-27-19-54(8)20-28-74)50-69(70)41-67(68)47-79(43-55)99(87,88)71-21-13-51(5)14-22-71/h13-42H,9-12,43-50H2,1-8H3.